The number of rotatable bonds is 37. The zero-order chi connectivity index (χ0) is 44.0. The largest absolute Gasteiger partial charge is 0.472 e. The van der Waals surface area contributed by atoms with E-state index in [0.717, 1.165) is 77.0 Å². The minimum absolute atomic E-state index is 0.0322. The number of aliphatic hydroxyl groups excluding tert-OH is 3. The van der Waals surface area contributed by atoms with Crippen LogP contribution in [0.5, 0.6) is 0 Å². The molecule has 0 spiro atoms. The van der Waals surface area contributed by atoms with E-state index >= 15 is 0 Å². The van der Waals surface area contributed by atoms with Gasteiger partial charge in [-0.1, -0.05) is 137 Å². The van der Waals surface area contributed by atoms with Crippen LogP contribution in [0, 0.1) is 0 Å². The highest BCUT2D eigenvalue weighted by molar-refractivity contribution is 7.47. The van der Waals surface area contributed by atoms with Gasteiger partial charge in [0.15, 0.2) is 6.10 Å². The highest BCUT2D eigenvalue weighted by Gasteiger charge is 2.27. The van der Waals surface area contributed by atoms with E-state index in [1.165, 1.54) is 6.08 Å². The van der Waals surface area contributed by atoms with E-state index in [2.05, 4.69) is 50.3 Å². The van der Waals surface area contributed by atoms with Crippen LogP contribution in [0.3, 0.4) is 0 Å². The Kier molecular flexibility index (Phi) is 35.1. The quantitative estimate of drug-likeness (QED) is 0.0118. The van der Waals surface area contributed by atoms with Gasteiger partial charge in [-0.05, 0) is 57.8 Å². The van der Waals surface area contributed by atoms with Gasteiger partial charge in [0.2, 0.25) is 0 Å². The number of nitrogens with zero attached hydrogens (tertiary/aromatic N) is 1. The molecular formula is C46H79NO11P+. The predicted molar refractivity (Wildman–Crippen MR) is 237 cm³/mol. The fraction of sp³-hybridized carbons (Fsp3) is 0.652. The molecule has 0 aromatic rings. The summed E-state index contributed by atoms with van der Waals surface area (Å²) in [5.74, 6) is -1.16. The topological polar surface area (TPSA) is 169 Å². The molecule has 0 aromatic heterocycles. The van der Waals surface area contributed by atoms with Crippen LogP contribution in [0.25, 0.3) is 0 Å². The molecule has 0 amide bonds. The number of esters is 2. The number of hydrogen-bond donors (Lipinski definition) is 4. The third-order valence-electron chi connectivity index (χ3n) is 8.78. The summed E-state index contributed by atoms with van der Waals surface area (Å²) in [4.78, 5) is 35.4. The molecule has 0 rings (SSSR count). The highest BCUT2D eigenvalue weighted by atomic mass is 31.2. The molecule has 1 unspecified atom stereocenters. The van der Waals surface area contributed by atoms with Crippen molar-refractivity contribution in [2.24, 2.45) is 0 Å². The van der Waals surface area contributed by atoms with Crippen molar-refractivity contribution in [2.75, 3.05) is 47.5 Å². The Morgan fingerprint density at radius 2 is 1.27 bits per heavy atom. The number of quaternary nitrogens is 1. The SMILES string of the molecule is CC/C=C\C/C=C\C/C=C\CCCCCCCC(=O)O[C@H](COC(=O)CCC[C@@H](O)[C@H](O)/C=C/C=C/C=C\C=C\[C@H](O)CCCCC)COP(=O)(O)OCC[N+](C)(C)C. The second kappa shape index (κ2) is 36.9. The number of carbonyl (C=O) groups is 2. The van der Waals surface area contributed by atoms with Gasteiger partial charge in [-0.25, -0.2) is 4.57 Å². The van der Waals surface area contributed by atoms with Gasteiger partial charge >= 0.3 is 19.8 Å². The van der Waals surface area contributed by atoms with Crippen LogP contribution in [0.4, 0.5) is 0 Å². The molecule has 0 fully saturated rings. The number of hydrogen-bond acceptors (Lipinski definition) is 10. The number of allylic oxidation sites excluding steroid dienone is 12. The molecular weight excluding hydrogens is 773 g/mol. The van der Waals surface area contributed by atoms with E-state index in [0.29, 0.717) is 17.4 Å². The van der Waals surface area contributed by atoms with E-state index in [9.17, 15) is 34.4 Å². The maximum absolute atomic E-state index is 12.7. The lowest BCUT2D eigenvalue weighted by Crippen LogP contribution is -2.37. The molecule has 0 aliphatic heterocycles. The van der Waals surface area contributed by atoms with Gasteiger partial charge < -0.3 is 34.2 Å². The van der Waals surface area contributed by atoms with Crippen molar-refractivity contribution in [3.05, 3.63) is 85.1 Å². The molecule has 13 heteroatoms. The highest BCUT2D eigenvalue weighted by Crippen LogP contribution is 2.43. The van der Waals surface area contributed by atoms with Crippen LogP contribution >= 0.6 is 7.82 Å². The second-order valence-electron chi connectivity index (χ2n) is 15.6. The zero-order valence-electron chi connectivity index (χ0n) is 36.8. The third-order valence-corrected chi connectivity index (χ3v) is 9.76. The summed E-state index contributed by atoms with van der Waals surface area (Å²) >= 11 is 0. The number of ether oxygens (including phenoxy) is 2. The molecule has 0 aliphatic rings. The molecule has 0 aliphatic carbocycles. The molecule has 0 aromatic carbocycles. The van der Waals surface area contributed by atoms with Crippen molar-refractivity contribution in [3.8, 4) is 0 Å². The molecule has 59 heavy (non-hydrogen) atoms. The molecule has 4 N–H and O–H groups in total. The second-order valence-corrected chi connectivity index (χ2v) is 17.0. The normalized spacial score (nSPS) is 16.0. The van der Waals surface area contributed by atoms with Crippen molar-refractivity contribution in [1.82, 2.24) is 0 Å². The van der Waals surface area contributed by atoms with Crippen LogP contribution in [-0.4, -0.2) is 109 Å². The molecule has 0 bridgehead atoms. The first kappa shape index (κ1) is 56.1. The lowest BCUT2D eigenvalue weighted by Gasteiger charge is -2.24. The average molecular weight is 853 g/mol. The summed E-state index contributed by atoms with van der Waals surface area (Å²) in [5, 5.41) is 30.5. The molecule has 12 nitrogen and oxygen atoms in total. The zero-order valence-corrected chi connectivity index (χ0v) is 37.7. The summed E-state index contributed by atoms with van der Waals surface area (Å²) in [7, 11) is 1.26. The van der Waals surface area contributed by atoms with E-state index < -0.39 is 57.4 Å². The van der Waals surface area contributed by atoms with Gasteiger partial charge in [-0.2, -0.15) is 0 Å². The molecule has 0 heterocycles. The molecule has 0 saturated carbocycles. The fourth-order valence-corrected chi connectivity index (χ4v) is 5.97. The van der Waals surface area contributed by atoms with Crippen molar-refractivity contribution in [1.29, 1.82) is 0 Å². The summed E-state index contributed by atoms with van der Waals surface area (Å²) in [5.41, 5.74) is 0. The summed E-state index contributed by atoms with van der Waals surface area (Å²) in [6.45, 7) is 3.76. The molecule has 0 saturated heterocycles. The summed E-state index contributed by atoms with van der Waals surface area (Å²) < 4.78 is 34.0. The number of carbonyl (C=O) groups excluding carboxylic acids is 2. The van der Waals surface area contributed by atoms with E-state index in [-0.39, 0.29) is 32.3 Å². The van der Waals surface area contributed by atoms with Gasteiger partial charge in [0.25, 0.3) is 0 Å². The van der Waals surface area contributed by atoms with Gasteiger partial charge in [0.05, 0.1) is 46.1 Å². The average Bonchev–Trinajstić information content (AvgIpc) is 3.17. The number of likely N-dealkylation sites (N-methyl/N-ethyl adjacent to an activating group) is 1. The molecule has 338 valence electrons. The number of phosphoric acid groups is 1. The van der Waals surface area contributed by atoms with Crippen molar-refractivity contribution in [3.63, 3.8) is 0 Å². The first-order chi connectivity index (χ1) is 28.2. The monoisotopic (exact) mass is 853 g/mol. The van der Waals surface area contributed by atoms with Crippen molar-refractivity contribution in [2.45, 2.75) is 147 Å². The van der Waals surface area contributed by atoms with Crippen LogP contribution in [0.2, 0.25) is 0 Å². The lowest BCUT2D eigenvalue weighted by atomic mass is 10.1. The Labute approximate surface area is 356 Å². The van der Waals surface area contributed by atoms with Crippen molar-refractivity contribution >= 4 is 19.8 Å². The Morgan fingerprint density at radius 3 is 1.95 bits per heavy atom. The number of aliphatic hydroxyl groups is 3. The smallest absolute Gasteiger partial charge is 0.462 e. The maximum Gasteiger partial charge on any atom is 0.472 e. The van der Waals surface area contributed by atoms with Crippen LogP contribution in [0.1, 0.15) is 123 Å². The van der Waals surface area contributed by atoms with Crippen LogP contribution < -0.4 is 0 Å². The van der Waals surface area contributed by atoms with Crippen LogP contribution in [0.15, 0.2) is 85.1 Å². The number of phosphoric ester groups is 1. The Balaban J connectivity index is 4.74. The first-order valence-electron chi connectivity index (χ1n) is 21.6. The summed E-state index contributed by atoms with van der Waals surface area (Å²) in [6, 6.07) is 0. The van der Waals surface area contributed by atoms with Crippen LogP contribution in [-0.2, 0) is 32.7 Å². The first-order valence-corrected chi connectivity index (χ1v) is 23.1. The van der Waals surface area contributed by atoms with Crippen molar-refractivity contribution < 1.29 is 57.4 Å². The number of unbranched alkanes of at least 4 members (excludes halogenated alkanes) is 7. The molecule has 5 atom stereocenters. The van der Waals surface area contributed by atoms with E-state index in [1.54, 1.807) is 42.5 Å². The fourth-order valence-electron chi connectivity index (χ4n) is 5.23. The lowest BCUT2D eigenvalue weighted by molar-refractivity contribution is -0.870. The molecule has 0 radical (unpaired) electrons. The Bertz CT molecular complexity index is 1330. The Hall–Kier alpha value is -2.93. The maximum atomic E-state index is 12.7. The Morgan fingerprint density at radius 1 is 0.661 bits per heavy atom. The predicted octanol–water partition coefficient (Wildman–Crippen LogP) is 8.93. The minimum atomic E-state index is -4.47. The standard InChI is InChI=1S/C46H78NO11P/c1-6-8-10-11-12-13-14-15-16-17-18-19-20-25-29-35-46(52)58-42(40-57-59(53,54)56-38-37-47(3,4)5)39-55-45(51)36-30-34-44(50)43(49)33-28-24-22-21-23-27-32-41(48)31-26-9-7-2/h8,10,12-13,15-16,21-24,27-28,32-33,41-44,48-50H,6-7,9,11,14,17-20,25-26,29-31,34-40H2,1-5H3/p+1/b10-8-,13-12-,16-15-,23-21-,24-22+,32-27+,33-28+/t41-,42-,43-,44-/m1/s1. The van der Waals surface area contributed by atoms with Gasteiger partial charge in [0, 0.05) is 12.8 Å². The third kappa shape index (κ3) is 39.0. The van der Waals surface area contributed by atoms with E-state index in [4.69, 9.17) is 18.5 Å². The van der Waals surface area contributed by atoms with Gasteiger partial charge in [-0.15, -0.1) is 0 Å². The van der Waals surface area contributed by atoms with E-state index in [1.807, 2.05) is 21.1 Å². The minimum Gasteiger partial charge on any atom is -0.462 e. The van der Waals surface area contributed by atoms with Gasteiger partial charge in [-0.3, -0.25) is 18.6 Å². The van der Waals surface area contributed by atoms with Gasteiger partial charge in [0.1, 0.15) is 19.8 Å². The summed E-state index contributed by atoms with van der Waals surface area (Å²) in [6.07, 6.45) is 35.8.